The van der Waals surface area contributed by atoms with Gasteiger partial charge in [-0.05, 0) is 31.9 Å². The fraction of sp³-hybridized carbons (Fsp3) is 0.500. The summed E-state index contributed by atoms with van der Waals surface area (Å²) in [5.41, 5.74) is 0.825. The van der Waals surface area contributed by atoms with Gasteiger partial charge in [0.1, 0.15) is 6.10 Å². The van der Waals surface area contributed by atoms with Crippen molar-refractivity contribution in [3.05, 3.63) is 30.1 Å². The van der Waals surface area contributed by atoms with Crippen molar-refractivity contribution in [2.24, 2.45) is 0 Å². The van der Waals surface area contributed by atoms with E-state index in [1.54, 1.807) is 6.20 Å². The fourth-order valence-electron chi connectivity index (χ4n) is 1.83. The van der Waals surface area contributed by atoms with Crippen LogP contribution in [0, 0.1) is 0 Å². The first-order chi connectivity index (χ1) is 7.25. The number of nitrogens with zero attached hydrogens (tertiary/aromatic N) is 1. The van der Waals surface area contributed by atoms with E-state index in [1.165, 1.54) is 0 Å². The van der Waals surface area contributed by atoms with E-state index >= 15 is 0 Å². The Morgan fingerprint density at radius 3 is 3.00 bits per heavy atom. The smallest absolute Gasteiger partial charge is 0.167 e. The highest BCUT2D eigenvalue weighted by atomic mass is 16.5. The molecule has 0 N–H and O–H groups in total. The second kappa shape index (κ2) is 4.53. The molecule has 2 atom stereocenters. The minimum absolute atomic E-state index is 0.151. The molecule has 1 aliphatic rings. The highest BCUT2D eigenvalue weighted by Crippen LogP contribution is 2.20. The summed E-state index contributed by atoms with van der Waals surface area (Å²) < 4.78 is 5.52. The number of ether oxygens (including phenoxy) is 1. The molecule has 0 saturated carbocycles. The molecular weight excluding hydrogens is 190 g/mol. The van der Waals surface area contributed by atoms with E-state index in [0.717, 1.165) is 18.5 Å². The maximum absolute atomic E-state index is 11.8. The number of Topliss-reactive ketones (excluding diaryl/α,β-unsaturated/α-hetero) is 1. The number of carbonyl (C=O) groups excluding carboxylic acids is 1. The Kier molecular flexibility index (Phi) is 3.11. The lowest BCUT2D eigenvalue weighted by Gasteiger charge is -2.09. The molecule has 1 aromatic heterocycles. The molecule has 2 unspecified atom stereocenters. The molecule has 1 aliphatic heterocycles. The van der Waals surface area contributed by atoms with Gasteiger partial charge in [0.15, 0.2) is 5.78 Å². The molecule has 3 heteroatoms. The van der Waals surface area contributed by atoms with Crippen LogP contribution >= 0.6 is 0 Å². The van der Waals surface area contributed by atoms with Crippen molar-refractivity contribution < 1.29 is 9.53 Å². The van der Waals surface area contributed by atoms with E-state index in [2.05, 4.69) is 4.98 Å². The molecule has 2 heterocycles. The van der Waals surface area contributed by atoms with Gasteiger partial charge < -0.3 is 4.74 Å². The number of hydrogen-bond acceptors (Lipinski definition) is 3. The molecule has 1 saturated heterocycles. The molecule has 0 spiro atoms. The van der Waals surface area contributed by atoms with E-state index < -0.39 is 0 Å². The predicted octanol–water partition coefficient (Wildman–Crippen LogP) is 1.76. The van der Waals surface area contributed by atoms with E-state index in [0.29, 0.717) is 6.42 Å². The van der Waals surface area contributed by atoms with Crippen molar-refractivity contribution in [1.82, 2.24) is 4.98 Å². The second-order valence-corrected chi connectivity index (χ2v) is 3.98. The predicted molar refractivity (Wildman–Crippen MR) is 56.5 cm³/mol. The fourth-order valence-corrected chi connectivity index (χ4v) is 1.83. The van der Waals surface area contributed by atoms with Gasteiger partial charge in [-0.1, -0.05) is 6.07 Å². The molecule has 1 fully saturated rings. The van der Waals surface area contributed by atoms with Crippen LogP contribution in [0.1, 0.15) is 25.5 Å². The molecule has 0 aromatic carbocycles. The third-order valence-corrected chi connectivity index (χ3v) is 2.67. The minimum Gasteiger partial charge on any atom is -0.367 e. The highest BCUT2D eigenvalue weighted by molar-refractivity contribution is 5.85. The zero-order valence-electron chi connectivity index (χ0n) is 8.85. The van der Waals surface area contributed by atoms with Crippen LogP contribution in [-0.2, 0) is 16.0 Å². The summed E-state index contributed by atoms with van der Waals surface area (Å²) in [7, 11) is 0. The van der Waals surface area contributed by atoms with Gasteiger partial charge in [-0.15, -0.1) is 0 Å². The van der Waals surface area contributed by atoms with Crippen molar-refractivity contribution >= 4 is 5.78 Å². The monoisotopic (exact) mass is 205 g/mol. The van der Waals surface area contributed by atoms with Gasteiger partial charge in [0, 0.05) is 11.9 Å². The number of hydrogen-bond donors (Lipinski definition) is 0. The third kappa shape index (κ3) is 2.63. The third-order valence-electron chi connectivity index (χ3n) is 2.67. The topological polar surface area (TPSA) is 39.2 Å². The number of carbonyl (C=O) groups is 1. The summed E-state index contributed by atoms with van der Waals surface area (Å²) in [6.45, 7) is 2.01. The maximum atomic E-state index is 11.8. The van der Waals surface area contributed by atoms with Crippen LogP contribution in [0.25, 0.3) is 0 Å². The molecule has 2 rings (SSSR count). The normalized spacial score (nSPS) is 25.4. The first-order valence-electron chi connectivity index (χ1n) is 5.34. The van der Waals surface area contributed by atoms with Crippen LogP contribution in [0.4, 0.5) is 0 Å². The summed E-state index contributed by atoms with van der Waals surface area (Å²) in [5, 5.41) is 0. The number of pyridine rings is 1. The van der Waals surface area contributed by atoms with Crippen molar-refractivity contribution in [2.45, 2.75) is 38.4 Å². The van der Waals surface area contributed by atoms with Crippen molar-refractivity contribution in [3.8, 4) is 0 Å². The first kappa shape index (κ1) is 10.3. The summed E-state index contributed by atoms with van der Waals surface area (Å²) in [4.78, 5) is 15.9. The Morgan fingerprint density at radius 2 is 2.40 bits per heavy atom. The summed E-state index contributed by atoms with van der Waals surface area (Å²) in [6, 6.07) is 5.62. The van der Waals surface area contributed by atoms with Gasteiger partial charge >= 0.3 is 0 Å². The van der Waals surface area contributed by atoms with Gasteiger partial charge in [0.2, 0.25) is 0 Å². The Labute approximate surface area is 89.5 Å². The molecular formula is C12H15NO2. The zero-order valence-corrected chi connectivity index (χ0v) is 8.85. The van der Waals surface area contributed by atoms with Gasteiger partial charge in [-0.2, -0.15) is 0 Å². The Bertz CT molecular complexity index is 337. The molecule has 0 amide bonds. The lowest BCUT2D eigenvalue weighted by molar-refractivity contribution is -0.128. The van der Waals surface area contributed by atoms with Crippen LogP contribution in [-0.4, -0.2) is 23.0 Å². The SMILES string of the molecule is CC1CCC(C(=O)Cc2ccccn2)O1. The Balaban J connectivity index is 1.93. The highest BCUT2D eigenvalue weighted by Gasteiger charge is 2.27. The largest absolute Gasteiger partial charge is 0.367 e. The van der Waals surface area contributed by atoms with E-state index in [4.69, 9.17) is 4.74 Å². The molecule has 1 aromatic rings. The first-order valence-corrected chi connectivity index (χ1v) is 5.34. The van der Waals surface area contributed by atoms with E-state index in [9.17, 15) is 4.79 Å². The second-order valence-electron chi connectivity index (χ2n) is 3.98. The molecule has 3 nitrogen and oxygen atoms in total. The van der Waals surface area contributed by atoms with Gasteiger partial charge in [0.05, 0.1) is 12.5 Å². The molecule has 15 heavy (non-hydrogen) atoms. The summed E-state index contributed by atoms with van der Waals surface area (Å²) in [6.07, 6.45) is 3.95. The molecule has 0 aliphatic carbocycles. The van der Waals surface area contributed by atoms with Crippen molar-refractivity contribution in [3.63, 3.8) is 0 Å². The summed E-state index contributed by atoms with van der Waals surface area (Å²) in [5.74, 6) is 0.151. The van der Waals surface area contributed by atoms with E-state index in [1.807, 2.05) is 25.1 Å². The summed E-state index contributed by atoms with van der Waals surface area (Å²) >= 11 is 0. The number of aromatic nitrogens is 1. The van der Waals surface area contributed by atoms with Crippen LogP contribution in [0.5, 0.6) is 0 Å². The van der Waals surface area contributed by atoms with E-state index in [-0.39, 0.29) is 18.0 Å². The van der Waals surface area contributed by atoms with Crippen LogP contribution < -0.4 is 0 Å². The zero-order chi connectivity index (χ0) is 10.7. The molecule has 0 bridgehead atoms. The van der Waals surface area contributed by atoms with Crippen molar-refractivity contribution in [1.29, 1.82) is 0 Å². The minimum atomic E-state index is -0.206. The molecule has 80 valence electrons. The maximum Gasteiger partial charge on any atom is 0.167 e. The number of ketones is 1. The average Bonchev–Trinajstić information content (AvgIpc) is 2.66. The Hall–Kier alpha value is -1.22. The standard InChI is InChI=1S/C12H15NO2/c1-9-5-6-12(15-9)11(14)8-10-4-2-3-7-13-10/h2-4,7,9,12H,5-6,8H2,1H3. The molecule has 0 radical (unpaired) electrons. The lowest BCUT2D eigenvalue weighted by Crippen LogP contribution is -2.22. The Morgan fingerprint density at radius 1 is 1.53 bits per heavy atom. The quantitative estimate of drug-likeness (QED) is 0.754. The van der Waals surface area contributed by atoms with Gasteiger partial charge in [-0.25, -0.2) is 0 Å². The number of rotatable bonds is 3. The van der Waals surface area contributed by atoms with Gasteiger partial charge in [0.25, 0.3) is 0 Å². The average molecular weight is 205 g/mol. The van der Waals surface area contributed by atoms with Crippen LogP contribution in [0.2, 0.25) is 0 Å². The van der Waals surface area contributed by atoms with Crippen LogP contribution in [0.3, 0.4) is 0 Å². The van der Waals surface area contributed by atoms with Crippen molar-refractivity contribution in [2.75, 3.05) is 0 Å². The van der Waals surface area contributed by atoms with Crippen LogP contribution in [0.15, 0.2) is 24.4 Å². The lowest BCUT2D eigenvalue weighted by atomic mass is 10.1. The van der Waals surface area contributed by atoms with Gasteiger partial charge in [-0.3, -0.25) is 9.78 Å².